The van der Waals surface area contributed by atoms with Crippen LogP contribution < -0.4 is 0 Å². The van der Waals surface area contributed by atoms with Crippen LogP contribution >= 0.6 is 0 Å². The maximum Gasteiger partial charge on any atom is 0.410 e. The molecule has 0 aromatic carbocycles. The van der Waals surface area contributed by atoms with Gasteiger partial charge in [0.05, 0.1) is 6.61 Å². The molecule has 0 spiro atoms. The van der Waals surface area contributed by atoms with Gasteiger partial charge < -0.3 is 9.84 Å². The summed E-state index contributed by atoms with van der Waals surface area (Å²) in [6.07, 6.45) is 0.166. The number of carboxylic acid groups (broad SMARTS) is 1. The molecule has 1 N–H and O–H groups in total. The predicted octanol–water partition coefficient (Wildman–Crippen LogP) is 0.302. The summed E-state index contributed by atoms with van der Waals surface area (Å²) in [6.45, 7) is 2.32. The Morgan fingerprint density at radius 2 is 2.42 bits per heavy atom. The van der Waals surface area contributed by atoms with Gasteiger partial charge in [0, 0.05) is 6.54 Å². The predicted molar refractivity (Wildman–Crippen MR) is 39.8 cm³/mol. The van der Waals surface area contributed by atoms with Crippen molar-refractivity contribution in [3.63, 3.8) is 0 Å². The number of aliphatic carboxylic acids is 1. The Balaban J connectivity index is 2.59. The number of hydrogen-bond donors (Lipinski definition) is 1. The summed E-state index contributed by atoms with van der Waals surface area (Å²) in [7, 11) is 0. The van der Waals surface area contributed by atoms with E-state index in [0.717, 1.165) is 0 Å². The van der Waals surface area contributed by atoms with Crippen molar-refractivity contribution in [2.45, 2.75) is 19.4 Å². The summed E-state index contributed by atoms with van der Waals surface area (Å²) in [5.74, 6) is -1.01. The largest absolute Gasteiger partial charge is 0.480 e. The quantitative estimate of drug-likeness (QED) is 0.652. The summed E-state index contributed by atoms with van der Waals surface area (Å²) in [5.41, 5.74) is 0. The monoisotopic (exact) mass is 173 g/mol. The Labute approximate surface area is 69.9 Å². The van der Waals surface area contributed by atoms with E-state index in [1.165, 1.54) is 11.8 Å². The summed E-state index contributed by atoms with van der Waals surface area (Å²) in [5, 5.41) is 8.60. The number of hydrogen-bond acceptors (Lipinski definition) is 3. The Morgan fingerprint density at radius 1 is 1.75 bits per heavy atom. The zero-order valence-electron chi connectivity index (χ0n) is 6.82. The first-order valence-corrected chi connectivity index (χ1v) is 3.79. The average Bonchev–Trinajstić information content (AvgIpc) is 2.04. The lowest BCUT2D eigenvalue weighted by molar-refractivity contribution is -0.142. The lowest BCUT2D eigenvalue weighted by atomic mass is 10.2. The number of amides is 1. The van der Waals surface area contributed by atoms with Gasteiger partial charge in [-0.3, -0.25) is 4.90 Å². The van der Waals surface area contributed by atoms with E-state index in [2.05, 4.69) is 4.74 Å². The Bertz CT molecular complexity index is 204. The standard InChI is InChI=1S/C7H11NO4/c1-5(6(9)10)8-3-2-4-12-7(8)11/h5H,2-4H2,1H3,(H,9,10)/t5-/m0/s1. The maximum absolute atomic E-state index is 11.0. The number of carboxylic acids is 1. The van der Waals surface area contributed by atoms with Crippen LogP contribution in [-0.4, -0.2) is 41.3 Å². The second kappa shape index (κ2) is 3.42. The van der Waals surface area contributed by atoms with Crippen molar-refractivity contribution in [3.8, 4) is 0 Å². The molecule has 68 valence electrons. The summed E-state index contributed by atoms with van der Waals surface area (Å²) in [4.78, 5) is 22.7. The van der Waals surface area contributed by atoms with E-state index in [4.69, 9.17) is 5.11 Å². The van der Waals surface area contributed by atoms with E-state index in [9.17, 15) is 9.59 Å². The molecule has 1 rings (SSSR count). The first-order chi connectivity index (χ1) is 5.63. The molecule has 1 atom stereocenters. The van der Waals surface area contributed by atoms with Gasteiger partial charge in [0.1, 0.15) is 6.04 Å². The van der Waals surface area contributed by atoms with Gasteiger partial charge in [-0.25, -0.2) is 9.59 Å². The Morgan fingerprint density at radius 3 is 2.92 bits per heavy atom. The molecule has 0 aromatic rings. The fourth-order valence-corrected chi connectivity index (χ4v) is 1.05. The van der Waals surface area contributed by atoms with E-state index >= 15 is 0 Å². The number of carbonyl (C=O) groups excluding carboxylic acids is 1. The first-order valence-electron chi connectivity index (χ1n) is 3.79. The Kier molecular flexibility index (Phi) is 2.52. The highest BCUT2D eigenvalue weighted by Crippen LogP contribution is 2.08. The van der Waals surface area contributed by atoms with Gasteiger partial charge in [0.25, 0.3) is 0 Å². The minimum atomic E-state index is -1.01. The zero-order chi connectivity index (χ0) is 9.14. The number of carbonyl (C=O) groups is 2. The molecule has 1 amide bonds. The number of cyclic esters (lactones) is 1. The second-order valence-electron chi connectivity index (χ2n) is 2.68. The van der Waals surface area contributed by atoms with E-state index in [1.54, 1.807) is 0 Å². The van der Waals surface area contributed by atoms with E-state index in [-0.39, 0.29) is 0 Å². The third kappa shape index (κ3) is 1.66. The molecule has 1 fully saturated rings. The molecular formula is C7H11NO4. The molecule has 1 aliphatic heterocycles. The van der Waals surface area contributed by atoms with Gasteiger partial charge in [-0.05, 0) is 13.3 Å². The van der Waals surface area contributed by atoms with Crippen molar-refractivity contribution in [3.05, 3.63) is 0 Å². The van der Waals surface area contributed by atoms with Crippen LogP contribution in [0.3, 0.4) is 0 Å². The normalized spacial score (nSPS) is 20.1. The average molecular weight is 173 g/mol. The molecule has 5 heteroatoms. The third-order valence-electron chi connectivity index (χ3n) is 1.83. The number of nitrogens with zero attached hydrogens (tertiary/aromatic N) is 1. The SMILES string of the molecule is C[C@@H](C(=O)O)N1CCCOC1=O. The zero-order valence-corrected chi connectivity index (χ0v) is 6.82. The van der Waals surface area contributed by atoms with Crippen molar-refractivity contribution in [1.82, 2.24) is 4.90 Å². The molecule has 1 saturated heterocycles. The molecule has 1 heterocycles. The van der Waals surface area contributed by atoms with Crippen LogP contribution in [0, 0.1) is 0 Å². The molecule has 0 aromatic heterocycles. The molecule has 0 saturated carbocycles. The van der Waals surface area contributed by atoms with E-state index in [0.29, 0.717) is 19.6 Å². The Hall–Kier alpha value is -1.26. The lowest BCUT2D eigenvalue weighted by Gasteiger charge is -2.29. The fraction of sp³-hybridized carbons (Fsp3) is 0.714. The van der Waals surface area contributed by atoms with Crippen molar-refractivity contribution in [2.75, 3.05) is 13.2 Å². The number of rotatable bonds is 2. The lowest BCUT2D eigenvalue weighted by Crippen LogP contribution is -2.46. The van der Waals surface area contributed by atoms with Crippen LogP contribution in [-0.2, 0) is 9.53 Å². The maximum atomic E-state index is 11.0. The molecule has 12 heavy (non-hydrogen) atoms. The van der Waals surface area contributed by atoms with Gasteiger partial charge in [-0.2, -0.15) is 0 Å². The van der Waals surface area contributed by atoms with Crippen LogP contribution in [0.2, 0.25) is 0 Å². The van der Waals surface area contributed by atoms with Crippen molar-refractivity contribution in [1.29, 1.82) is 0 Å². The third-order valence-corrected chi connectivity index (χ3v) is 1.83. The van der Waals surface area contributed by atoms with Crippen LogP contribution in [0.25, 0.3) is 0 Å². The van der Waals surface area contributed by atoms with Crippen LogP contribution in [0.5, 0.6) is 0 Å². The van der Waals surface area contributed by atoms with Gasteiger partial charge in [-0.1, -0.05) is 0 Å². The molecular weight excluding hydrogens is 162 g/mol. The molecule has 0 aliphatic carbocycles. The van der Waals surface area contributed by atoms with Gasteiger partial charge in [-0.15, -0.1) is 0 Å². The smallest absolute Gasteiger partial charge is 0.410 e. The molecule has 0 bridgehead atoms. The molecule has 0 radical (unpaired) electrons. The summed E-state index contributed by atoms with van der Waals surface area (Å²) >= 11 is 0. The van der Waals surface area contributed by atoms with Crippen molar-refractivity contribution < 1.29 is 19.4 Å². The van der Waals surface area contributed by atoms with Crippen LogP contribution in [0.4, 0.5) is 4.79 Å². The van der Waals surface area contributed by atoms with Gasteiger partial charge in [0.2, 0.25) is 0 Å². The summed E-state index contributed by atoms with van der Waals surface area (Å²) < 4.78 is 4.69. The van der Waals surface area contributed by atoms with Crippen LogP contribution in [0.15, 0.2) is 0 Å². The summed E-state index contributed by atoms with van der Waals surface area (Å²) in [6, 6.07) is -0.794. The van der Waals surface area contributed by atoms with Crippen molar-refractivity contribution in [2.24, 2.45) is 0 Å². The first kappa shape index (κ1) is 8.83. The fourth-order valence-electron chi connectivity index (χ4n) is 1.05. The van der Waals surface area contributed by atoms with Gasteiger partial charge in [0.15, 0.2) is 0 Å². The molecule has 0 unspecified atom stereocenters. The minimum absolute atomic E-state index is 0.391. The molecule has 5 nitrogen and oxygen atoms in total. The van der Waals surface area contributed by atoms with E-state index in [1.807, 2.05) is 0 Å². The highest BCUT2D eigenvalue weighted by Gasteiger charge is 2.28. The van der Waals surface area contributed by atoms with Crippen molar-refractivity contribution >= 4 is 12.1 Å². The minimum Gasteiger partial charge on any atom is -0.480 e. The highest BCUT2D eigenvalue weighted by molar-refractivity contribution is 5.79. The molecule has 1 aliphatic rings. The van der Waals surface area contributed by atoms with Gasteiger partial charge >= 0.3 is 12.1 Å². The topological polar surface area (TPSA) is 66.8 Å². The number of ether oxygens (including phenoxy) is 1. The highest BCUT2D eigenvalue weighted by atomic mass is 16.6. The van der Waals surface area contributed by atoms with E-state index < -0.39 is 18.1 Å². The second-order valence-corrected chi connectivity index (χ2v) is 2.68. The van der Waals surface area contributed by atoms with Crippen LogP contribution in [0.1, 0.15) is 13.3 Å².